The largest absolute Gasteiger partial charge is 0.488 e. The SMILES string of the molecule is NC(=S)c1ccc(OCc2ccc(Cl)c(Cl)c2)c(Br)c1. The van der Waals surface area contributed by atoms with Crippen molar-refractivity contribution < 1.29 is 4.74 Å². The molecule has 0 aliphatic heterocycles. The summed E-state index contributed by atoms with van der Waals surface area (Å²) in [5.41, 5.74) is 7.29. The van der Waals surface area contributed by atoms with Gasteiger partial charge in [0, 0.05) is 5.56 Å². The summed E-state index contributed by atoms with van der Waals surface area (Å²) in [6.07, 6.45) is 0. The zero-order valence-corrected chi connectivity index (χ0v) is 14.1. The number of hydrogen-bond acceptors (Lipinski definition) is 2. The van der Waals surface area contributed by atoms with Gasteiger partial charge in [0.2, 0.25) is 0 Å². The highest BCUT2D eigenvalue weighted by Crippen LogP contribution is 2.28. The molecule has 104 valence electrons. The van der Waals surface area contributed by atoms with Gasteiger partial charge >= 0.3 is 0 Å². The summed E-state index contributed by atoms with van der Waals surface area (Å²) in [7, 11) is 0. The lowest BCUT2D eigenvalue weighted by Crippen LogP contribution is -2.09. The molecule has 0 unspecified atom stereocenters. The van der Waals surface area contributed by atoms with Gasteiger partial charge < -0.3 is 10.5 Å². The van der Waals surface area contributed by atoms with Crippen LogP contribution in [0.1, 0.15) is 11.1 Å². The predicted octanol–water partition coefficient (Wildman–Crippen LogP) is 4.97. The monoisotopic (exact) mass is 389 g/mol. The van der Waals surface area contributed by atoms with Gasteiger partial charge in [0.25, 0.3) is 0 Å². The van der Waals surface area contributed by atoms with E-state index in [1.165, 1.54) is 0 Å². The number of thiocarbonyl (C=S) groups is 1. The van der Waals surface area contributed by atoms with Gasteiger partial charge in [-0.3, -0.25) is 0 Å². The maximum absolute atomic E-state index is 5.96. The van der Waals surface area contributed by atoms with Crippen LogP contribution in [0.4, 0.5) is 0 Å². The minimum Gasteiger partial charge on any atom is -0.488 e. The number of ether oxygens (including phenoxy) is 1. The van der Waals surface area contributed by atoms with Crippen molar-refractivity contribution >= 4 is 56.3 Å². The van der Waals surface area contributed by atoms with Crippen LogP contribution >= 0.6 is 51.3 Å². The summed E-state index contributed by atoms with van der Waals surface area (Å²) in [5.74, 6) is 0.705. The van der Waals surface area contributed by atoms with E-state index in [2.05, 4.69) is 15.9 Å². The van der Waals surface area contributed by atoms with Crippen LogP contribution in [0.15, 0.2) is 40.9 Å². The van der Waals surface area contributed by atoms with E-state index in [9.17, 15) is 0 Å². The Labute approximate surface area is 141 Å². The first-order valence-electron chi connectivity index (χ1n) is 5.63. The molecule has 0 saturated carbocycles. The molecular formula is C14H10BrCl2NOS. The highest BCUT2D eigenvalue weighted by molar-refractivity contribution is 9.10. The Morgan fingerprint density at radius 3 is 2.50 bits per heavy atom. The van der Waals surface area contributed by atoms with Crippen molar-refractivity contribution in [2.24, 2.45) is 5.73 Å². The second-order valence-electron chi connectivity index (χ2n) is 4.05. The summed E-state index contributed by atoms with van der Waals surface area (Å²) in [6.45, 7) is 0.391. The summed E-state index contributed by atoms with van der Waals surface area (Å²) in [5, 5.41) is 1.04. The van der Waals surface area contributed by atoms with Gasteiger partial charge in [-0.05, 0) is 51.8 Å². The van der Waals surface area contributed by atoms with Gasteiger partial charge in [-0.15, -0.1) is 0 Å². The van der Waals surface area contributed by atoms with E-state index in [4.69, 9.17) is 45.9 Å². The number of benzene rings is 2. The lowest BCUT2D eigenvalue weighted by molar-refractivity contribution is 0.304. The Bertz CT molecular complexity index is 664. The Hall–Kier alpha value is -0.810. The fourth-order valence-corrected chi connectivity index (χ4v) is 2.50. The maximum atomic E-state index is 5.96. The molecule has 20 heavy (non-hydrogen) atoms. The Morgan fingerprint density at radius 1 is 1.15 bits per heavy atom. The van der Waals surface area contributed by atoms with Crippen LogP contribution in [0, 0.1) is 0 Å². The molecule has 0 heterocycles. The molecule has 2 rings (SSSR count). The number of rotatable bonds is 4. The molecule has 0 amide bonds. The fraction of sp³-hybridized carbons (Fsp3) is 0.0714. The van der Waals surface area contributed by atoms with Crippen LogP contribution < -0.4 is 10.5 Å². The number of nitrogens with two attached hydrogens (primary N) is 1. The molecule has 6 heteroatoms. The molecule has 2 N–H and O–H groups in total. The molecule has 0 aliphatic rings. The van der Waals surface area contributed by atoms with Gasteiger partial charge in [-0.25, -0.2) is 0 Å². The topological polar surface area (TPSA) is 35.2 Å². The van der Waals surface area contributed by atoms with E-state index in [1.807, 2.05) is 24.3 Å². The lowest BCUT2D eigenvalue weighted by atomic mass is 10.2. The van der Waals surface area contributed by atoms with Crippen LogP contribution in [0.3, 0.4) is 0 Å². The van der Waals surface area contributed by atoms with Crippen molar-refractivity contribution in [3.05, 3.63) is 62.0 Å². The first kappa shape index (κ1) is 15.6. The molecule has 0 fully saturated rings. The first-order valence-corrected chi connectivity index (χ1v) is 7.59. The van der Waals surface area contributed by atoms with Crippen molar-refractivity contribution in [1.29, 1.82) is 0 Å². The molecular weight excluding hydrogens is 381 g/mol. The van der Waals surface area contributed by atoms with E-state index in [0.717, 1.165) is 15.6 Å². The number of halogens is 3. The van der Waals surface area contributed by atoms with Crippen molar-refractivity contribution in [3.63, 3.8) is 0 Å². The zero-order chi connectivity index (χ0) is 14.7. The highest BCUT2D eigenvalue weighted by Gasteiger charge is 2.06. The summed E-state index contributed by atoms with van der Waals surface area (Å²) in [6, 6.07) is 10.8. The first-order chi connectivity index (χ1) is 9.47. The van der Waals surface area contributed by atoms with Crippen molar-refractivity contribution in [1.82, 2.24) is 0 Å². The lowest BCUT2D eigenvalue weighted by Gasteiger charge is -2.10. The second-order valence-corrected chi connectivity index (χ2v) is 6.16. The molecule has 0 aromatic heterocycles. The van der Waals surface area contributed by atoms with E-state index >= 15 is 0 Å². The minimum atomic E-state index is 0.349. The summed E-state index contributed by atoms with van der Waals surface area (Å²) in [4.78, 5) is 0.349. The third-order valence-corrected chi connectivity index (χ3v) is 4.19. The van der Waals surface area contributed by atoms with E-state index < -0.39 is 0 Å². The minimum absolute atomic E-state index is 0.349. The molecule has 0 atom stereocenters. The molecule has 0 saturated heterocycles. The number of hydrogen-bond donors (Lipinski definition) is 1. The van der Waals surface area contributed by atoms with Gasteiger partial charge in [0.15, 0.2) is 0 Å². The quantitative estimate of drug-likeness (QED) is 0.748. The molecule has 0 radical (unpaired) electrons. The van der Waals surface area contributed by atoms with Gasteiger partial charge in [0.05, 0.1) is 14.5 Å². The van der Waals surface area contributed by atoms with Crippen molar-refractivity contribution in [3.8, 4) is 5.75 Å². The van der Waals surface area contributed by atoms with Crippen LogP contribution in [0.5, 0.6) is 5.75 Å². The smallest absolute Gasteiger partial charge is 0.134 e. The molecule has 0 aliphatic carbocycles. The average Bonchev–Trinajstić information content (AvgIpc) is 2.41. The molecule has 2 aromatic carbocycles. The third kappa shape index (κ3) is 3.85. The zero-order valence-electron chi connectivity index (χ0n) is 10.2. The normalized spacial score (nSPS) is 10.3. The Kier molecular flexibility index (Phi) is 5.27. The van der Waals surface area contributed by atoms with Crippen molar-refractivity contribution in [2.75, 3.05) is 0 Å². The van der Waals surface area contributed by atoms with Crippen molar-refractivity contribution in [2.45, 2.75) is 6.61 Å². The van der Waals surface area contributed by atoms with Crippen LogP contribution in [0.25, 0.3) is 0 Å². The van der Waals surface area contributed by atoms with Crippen LogP contribution in [0.2, 0.25) is 10.0 Å². The molecule has 0 spiro atoms. The Morgan fingerprint density at radius 2 is 1.90 bits per heavy atom. The van der Waals surface area contributed by atoms with Gasteiger partial charge in [-0.1, -0.05) is 41.5 Å². The predicted molar refractivity (Wildman–Crippen MR) is 90.8 cm³/mol. The van der Waals surface area contributed by atoms with Gasteiger partial charge in [-0.2, -0.15) is 0 Å². The van der Waals surface area contributed by atoms with E-state index in [1.54, 1.807) is 12.1 Å². The Balaban J connectivity index is 2.10. The highest BCUT2D eigenvalue weighted by atomic mass is 79.9. The van der Waals surface area contributed by atoms with E-state index in [0.29, 0.717) is 27.4 Å². The summed E-state index contributed by atoms with van der Waals surface area (Å²) < 4.78 is 6.51. The van der Waals surface area contributed by atoms with Crippen LogP contribution in [-0.4, -0.2) is 4.99 Å². The standard InChI is InChI=1S/C14H10BrCl2NOS/c15-10-6-9(14(18)20)2-4-13(10)19-7-8-1-3-11(16)12(17)5-8/h1-6H,7H2,(H2,18,20). The molecule has 2 nitrogen and oxygen atoms in total. The van der Waals surface area contributed by atoms with E-state index in [-0.39, 0.29) is 0 Å². The third-order valence-electron chi connectivity index (χ3n) is 2.59. The fourth-order valence-electron chi connectivity index (χ4n) is 1.56. The second kappa shape index (κ2) is 6.76. The van der Waals surface area contributed by atoms with Crippen LogP contribution in [-0.2, 0) is 6.61 Å². The molecule has 2 aromatic rings. The summed E-state index contributed by atoms with van der Waals surface area (Å²) >= 11 is 20.2. The average molecular weight is 391 g/mol. The maximum Gasteiger partial charge on any atom is 0.134 e. The molecule has 0 bridgehead atoms. The van der Waals surface area contributed by atoms with Gasteiger partial charge in [0.1, 0.15) is 17.3 Å².